The van der Waals surface area contributed by atoms with Crippen molar-refractivity contribution in [1.29, 1.82) is 0 Å². The molecular weight excluding hydrogens is 335 g/mol. The SMILES string of the molecule is CC(C)CCC(F)C/C=C(/O)[C@@]1(C/C=C\CCCC(=O)O)CCCC1=O. The first-order valence-electron chi connectivity index (χ1n) is 9.71. The number of aliphatic hydroxyl groups excluding tert-OH is 1. The maximum atomic E-state index is 14.0. The number of Topliss-reactive ketones (excluding diaryl/α,β-unsaturated/α-hetero) is 1. The number of carbonyl (C=O) groups is 2. The van der Waals surface area contributed by atoms with Crippen molar-refractivity contribution in [3.05, 3.63) is 24.0 Å². The molecule has 1 fully saturated rings. The van der Waals surface area contributed by atoms with Crippen molar-refractivity contribution in [2.45, 2.75) is 84.2 Å². The number of hydrogen-bond donors (Lipinski definition) is 2. The van der Waals surface area contributed by atoms with Crippen LogP contribution in [-0.4, -0.2) is 28.1 Å². The van der Waals surface area contributed by atoms with E-state index in [1.807, 2.05) is 12.2 Å². The van der Waals surface area contributed by atoms with Gasteiger partial charge in [-0.05, 0) is 56.9 Å². The number of halogens is 1. The number of allylic oxidation sites excluding steroid dienone is 4. The van der Waals surface area contributed by atoms with E-state index in [1.54, 1.807) is 0 Å². The minimum atomic E-state index is -1.00. The van der Waals surface area contributed by atoms with Crippen LogP contribution in [0.15, 0.2) is 24.0 Å². The molecule has 1 rings (SSSR count). The number of ketones is 1. The summed E-state index contributed by atoms with van der Waals surface area (Å²) in [5, 5.41) is 19.2. The molecule has 2 N–H and O–H groups in total. The highest BCUT2D eigenvalue weighted by Gasteiger charge is 2.44. The zero-order valence-corrected chi connectivity index (χ0v) is 16.0. The fraction of sp³-hybridized carbons (Fsp3) is 0.714. The van der Waals surface area contributed by atoms with Crippen LogP contribution in [0.2, 0.25) is 0 Å². The van der Waals surface area contributed by atoms with Crippen molar-refractivity contribution in [1.82, 2.24) is 0 Å². The van der Waals surface area contributed by atoms with E-state index in [4.69, 9.17) is 5.11 Å². The number of carbonyl (C=O) groups excluding carboxylic acids is 1. The van der Waals surface area contributed by atoms with E-state index in [-0.39, 0.29) is 24.4 Å². The normalized spacial score (nSPS) is 22.5. The predicted molar refractivity (Wildman–Crippen MR) is 101 cm³/mol. The molecule has 1 aliphatic rings. The highest BCUT2D eigenvalue weighted by Crippen LogP contribution is 2.44. The van der Waals surface area contributed by atoms with Gasteiger partial charge in [-0.2, -0.15) is 0 Å². The van der Waals surface area contributed by atoms with Gasteiger partial charge in [-0.15, -0.1) is 0 Å². The van der Waals surface area contributed by atoms with Crippen LogP contribution in [0.5, 0.6) is 0 Å². The molecule has 1 aliphatic carbocycles. The summed E-state index contributed by atoms with van der Waals surface area (Å²) in [7, 11) is 0. The Balaban J connectivity index is 2.64. The highest BCUT2D eigenvalue weighted by molar-refractivity contribution is 5.89. The van der Waals surface area contributed by atoms with E-state index in [1.165, 1.54) is 6.08 Å². The van der Waals surface area contributed by atoms with E-state index in [9.17, 15) is 19.1 Å². The van der Waals surface area contributed by atoms with Gasteiger partial charge in [-0.25, -0.2) is 4.39 Å². The minimum Gasteiger partial charge on any atom is -0.512 e. The lowest BCUT2D eigenvalue weighted by Gasteiger charge is -2.25. The number of aliphatic carboxylic acids is 1. The number of unbranched alkanes of at least 4 members (excludes halogenated alkanes) is 1. The Morgan fingerprint density at radius 3 is 2.58 bits per heavy atom. The quantitative estimate of drug-likeness (QED) is 0.270. The number of carboxylic acid groups (broad SMARTS) is 1. The number of carboxylic acids is 1. The predicted octanol–water partition coefficient (Wildman–Crippen LogP) is 5.53. The summed E-state index contributed by atoms with van der Waals surface area (Å²) >= 11 is 0. The molecule has 0 aliphatic heterocycles. The summed E-state index contributed by atoms with van der Waals surface area (Å²) in [5.41, 5.74) is -0.916. The molecule has 0 amide bonds. The second-order valence-electron chi connectivity index (χ2n) is 7.71. The van der Waals surface area contributed by atoms with Gasteiger partial charge in [-0.3, -0.25) is 9.59 Å². The topological polar surface area (TPSA) is 74.6 Å². The average Bonchev–Trinajstić information content (AvgIpc) is 2.95. The lowest BCUT2D eigenvalue weighted by Crippen LogP contribution is -2.28. The van der Waals surface area contributed by atoms with E-state index in [2.05, 4.69) is 13.8 Å². The van der Waals surface area contributed by atoms with Gasteiger partial charge in [0.05, 0.1) is 5.41 Å². The van der Waals surface area contributed by atoms with Crippen LogP contribution in [0.4, 0.5) is 4.39 Å². The molecule has 5 heteroatoms. The second-order valence-corrected chi connectivity index (χ2v) is 7.71. The Hall–Kier alpha value is -1.65. The van der Waals surface area contributed by atoms with Crippen molar-refractivity contribution in [3.63, 3.8) is 0 Å². The van der Waals surface area contributed by atoms with Crippen LogP contribution in [0.25, 0.3) is 0 Å². The van der Waals surface area contributed by atoms with E-state index < -0.39 is 17.6 Å². The first-order chi connectivity index (χ1) is 12.3. The molecule has 0 radical (unpaired) electrons. The van der Waals surface area contributed by atoms with E-state index in [0.29, 0.717) is 44.4 Å². The number of aliphatic hydroxyl groups is 1. The lowest BCUT2D eigenvalue weighted by molar-refractivity contribution is -0.137. The molecule has 0 bridgehead atoms. The van der Waals surface area contributed by atoms with Crippen molar-refractivity contribution in [2.75, 3.05) is 0 Å². The minimum absolute atomic E-state index is 0.00221. The summed E-state index contributed by atoms with van der Waals surface area (Å²) < 4.78 is 14.0. The van der Waals surface area contributed by atoms with Crippen LogP contribution in [0, 0.1) is 11.3 Å². The fourth-order valence-electron chi connectivity index (χ4n) is 3.36. The molecule has 0 heterocycles. The van der Waals surface area contributed by atoms with Crippen LogP contribution < -0.4 is 0 Å². The molecule has 26 heavy (non-hydrogen) atoms. The van der Waals surface area contributed by atoms with Gasteiger partial charge in [0.1, 0.15) is 17.7 Å². The third-order valence-electron chi connectivity index (χ3n) is 5.05. The van der Waals surface area contributed by atoms with Gasteiger partial charge < -0.3 is 10.2 Å². The summed E-state index contributed by atoms with van der Waals surface area (Å²) in [6.45, 7) is 4.10. The molecule has 0 aromatic heterocycles. The van der Waals surface area contributed by atoms with Crippen LogP contribution in [0.1, 0.15) is 78.1 Å². The Labute approximate surface area is 156 Å². The van der Waals surface area contributed by atoms with Gasteiger partial charge in [0.15, 0.2) is 0 Å². The van der Waals surface area contributed by atoms with Gasteiger partial charge >= 0.3 is 5.97 Å². The first-order valence-corrected chi connectivity index (χ1v) is 9.71. The summed E-state index contributed by atoms with van der Waals surface area (Å²) in [6.07, 6.45) is 9.05. The van der Waals surface area contributed by atoms with Gasteiger partial charge in [0.2, 0.25) is 0 Å². The Morgan fingerprint density at radius 2 is 2.00 bits per heavy atom. The second kappa shape index (κ2) is 11.1. The highest BCUT2D eigenvalue weighted by atomic mass is 19.1. The maximum Gasteiger partial charge on any atom is 0.303 e. The Kier molecular flexibility index (Phi) is 9.60. The van der Waals surface area contributed by atoms with Crippen LogP contribution >= 0.6 is 0 Å². The number of alkyl halides is 1. The van der Waals surface area contributed by atoms with Crippen molar-refractivity contribution < 1.29 is 24.2 Å². The van der Waals surface area contributed by atoms with E-state index in [0.717, 1.165) is 12.8 Å². The molecule has 0 saturated heterocycles. The van der Waals surface area contributed by atoms with Crippen molar-refractivity contribution in [2.24, 2.45) is 11.3 Å². The van der Waals surface area contributed by atoms with Crippen LogP contribution in [0.3, 0.4) is 0 Å². The number of rotatable bonds is 12. The maximum absolute atomic E-state index is 14.0. The molecule has 4 nitrogen and oxygen atoms in total. The Bertz CT molecular complexity index is 524. The monoisotopic (exact) mass is 368 g/mol. The third kappa shape index (κ3) is 7.30. The molecule has 148 valence electrons. The van der Waals surface area contributed by atoms with Gasteiger partial charge in [-0.1, -0.05) is 26.0 Å². The molecule has 0 aromatic carbocycles. The lowest BCUT2D eigenvalue weighted by atomic mass is 9.79. The molecule has 0 spiro atoms. The van der Waals surface area contributed by atoms with Gasteiger partial charge in [0, 0.05) is 19.3 Å². The summed E-state index contributed by atoms with van der Waals surface area (Å²) in [4.78, 5) is 22.9. The molecule has 2 atom stereocenters. The van der Waals surface area contributed by atoms with Crippen molar-refractivity contribution in [3.8, 4) is 0 Å². The first kappa shape index (κ1) is 22.4. The van der Waals surface area contributed by atoms with Crippen molar-refractivity contribution >= 4 is 11.8 Å². The smallest absolute Gasteiger partial charge is 0.303 e. The molecule has 0 aromatic rings. The molecule has 1 unspecified atom stereocenters. The fourth-order valence-corrected chi connectivity index (χ4v) is 3.36. The summed E-state index contributed by atoms with van der Waals surface area (Å²) in [6, 6.07) is 0. The number of hydrogen-bond acceptors (Lipinski definition) is 3. The van der Waals surface area contributed by atoms with Crippen LogP contribution in [-0.2, 0) is 9.59 Å². The standard InChI is InChI=1S/C21H33FO4/c1-16(2)10-11-17(22)12-13-19(24)21(15-7-8-18(21)23)14-6-4-3-5-9-20(25)26/h4,6,13,16-17,24H,3,5,7-12,14-15H2,1-2H3,(H,25,26)/b6-4-,19-13+/t17?,21-/m0/s1. The molecule has 1 saturated carbocycles. The average molecular weight is 368 g/mol. The summed E-state index contributed by atoms with van der Waals surface area (Å²) in [5.74, 6) is -0.360. The van der Waals surface area contributed by atoms with Gasteiger partial charge in [0.25, 0.3) is 0 Å². The largest absolute Gasteiger partial charge is 0.512 e. The zero-order chi connectivity index (χ0) is 19.6. The Morgan fingerprint density at radius 1 is 1.27 bits per heavy atom. The zero-order valence-electron chi connectivity index (χ0n) is 16.0. The third-order valence-corrected chi connectivity index (χ3v) is 5.05. The molecular formula is C21H33FO4. The van der Waals surface area contributed by atoms with E-state index >= 15 is 0 Å².